The normalized spacial score (nSPS) is 11.3. The molecule has 0 amide bonds. The van der Waals surface area contributed by atoms with Crippen LogP contribution in [0.3, 0.4) is 0 Å². The lowest BCUT2D eigenvalue weighted by Crippen LogP contribution is -2.17. The number of carbonyl (C=O) groups is 1. The highest BCUT2D eigenvalue weighted by Gasteiger charge is 2.30. The Bertz CT molecular complexity index is 838. The molecule has 0 aliphatic rings. The molecule has 1 aromatic heterocycles. The predicted molar refractivity (Wildman–Crippen MR) is 81.1 cm³/mol. The summed E-state index contributed by atoms with van der Waals surface area (Å²) >= 11 is 0. The van der Waals surface area contributed by atoms with Crippen LogP contribution < -0.4 is 4.74 Å². The van der Waals surface area contributed by atoms with Crippen molar-refractivity contribution in [3.8, 4) is 22.6 Å². The van der Waals surface area contributed by atoms with Crippen molar-refractivity contribution in [2.75, 3.05) is 0 Å². The SMILES string of the molecule is O=Cc1ccc(-c2cnn(-c3ccc(OC(F)(F)F)cc3)c2)cc1. The first-order chi connectivity index (χ1) is 11.4. The molecule has 7 heteroatoms. The van der Waals surface area contributed by atoms with Gasteiger partial charge >= 0.3 is 6.36 Å². The van der Waals surface area contributed by atoms with Crippen molar-refractivity contribution in [1.82, 2.24) is 9.78 Å². The summed E-state index contributed by atoms with van der Waals surface area (Å²) in [6, 6.07) is 12.4. The van der Waals surface area contributed by atoms with Crippen molar-refractivity contribution < 1.29 is 22.7 Å². The summed E-state index contributed by atoms with van der Waals surface area (Å²) in [5.74, 6) is -0.289. The number of aromatic nitrogens is 2. The Morgan fingerprint density at radius 2 is 1.62 bits per heavy atom. The van der Waals surface area contributed by atoms with Crippen LogP contribution >= 0.6 is 0 Å². The van der Waals surface area contributed by atoms with E-state index in [1.54, 1.807) is 41.3 Å². The van der Waals surface area contributed by atoms with Crippen LogP contribution in [0.4, 0.5) is 13.2 Å². The number of benzene rings is 2. The summed E-state index contributed by atoms with van der Waals surface area (Å²) in [5.41, 5.74) is 2.87. The summed E-state index contributed by atoms with van der Waals surface area (Å²) < 4.78 is 41.8. The Kier molecular flexibility index (Phi) is 4.07. The largest absolute Gasteiger partial charge is 0.573 e. The maximum absolute atomic E-state index is 12.1. The molecule has 24 heavy (non-hydrogen) atoms. The second-order valence-electron chi connectivity index (χ2n) is 4.96. The minimum Gasteiger partial charge on any atom is -0.406 e. The molecule has 1 heterocycles. The fourth-order valence-electron chi connectivity index (χ4n) is 2.17. The molecule has 0 bridgehead atoms. The van der Waals surface area contributed by atoms with Crippen LogP contribution in [-0.2, 0) is 0 Å². The average Bonchev–Trinajstić information content (AvgIpc) is 3.04. The number of aldehydes is 1. The van der Waals surface area contributed by atoms with Gasteiger partial charge in [-0.05, 0) is 29.8 Å². The second-order valence-corrected chi connectivity index (χ2v) is 4.96. The van der Waals surface area contributed by atoms with Crippen LogP contribution in [0.15, 0.2) is 60.9 Å². The number of alkyl halides is 3. The van der Waals surface area contributed by atoms with Gasteiger partial charge < -0.3 is 4.74 Å². The maximum Gasteiger partial charge on any atom is 0.573 e. The molecule has 0 aliphatic heterocycles. The Morgan fingerprint density at radius 1 is 0.958 bits per heavy atom. The molecule has 2 aromatic carbocycles. The third kappa shape index (κ3) is 3.62. The molecule has 0 N–H and O–H groups in total. The fraction of sp³-hybridized carbons (Fsp3) is 0.0588. The first-order valence-corrected chi connectivity index (χ1v) is 6.91. The van der Waals surface area contributed by atoms with Gasteiger partial charge in [-0.2, -0.15) is 5.10 Å². The first kappa shape index (κ1) is 15.8. The minimum absolute atomic E-state index is 0.289. The van der Waals surface area contributed by atoms with Gasteiger partial charge in [0.2, 0.25) is 0 Å². The smallest absolute Gasteiger partial charge is 0.406 e. The third-order valence-electron chi connectivity index (χ3n) is 3.30. The molecule has 0 aliphatic carbocycles. The Labute approximate surface area is 135 Å². The molecule has 0 saturated carbocycles. The Hall–Kier alpha value is -3.09. The van der Waals surface area contributed by atoms with E-state index < -0.39 is 6.36 Å². The van der Waals surface area contributed by atoms with Crippen LogP contribution in [0.5, 0.6) is 5.75 Å². The van der Waals surface area contributed by atoms with Crippen molar-refractivity contribution in [3.63, 3.8) is 0 Å². The lowest BCUT2D eigenvalue weighted by molar-refractivity contribution is -0.274. The molecular weight excluding hydrogens is 321 g/mol. The van der Waals surface area contributed by atoms with Gasteiger partial charge in [-0.3, -0.25) is 4.79 Å². The highest BCUT2D eigenvalue weighted by atomic mass is 19.4. The van der Waals surface area contributed by atoms with Crippen LogP contribution in [-0.4, -0.2) is 22.4 Å². The van der Waals surface area contributed by atoms with Crippen molar-refractivity contribution >= 4 is 6.29 Å². The van der Waals surface area contributed by atoms with Gasteiger partial charge in [0.25, 0.3) is 0 Å². The summed E-state index contributed by atoms with van der Waals surface area (Å²) in [6.45, 7) is 0. The zero-order valence-corrected chi connectivity index (χ0v) is 12.2. The standard InChI is InChI=1S/C17H11F3N2O2/c18-17(19,20)24-16-7-5-15(6-8-16)22-10-14(9-21-22)13-3-1-12(11-23)2-4-13/h1-11H. The van der Waals surface area contributed by atoms with E-state index in [1.807, 2.05) is 0 Å². The number of carbonyl (C=O) groups excluding carboxylic acids is 1. The van der Waals surface area contributed by atoms with Crippen LogP contribution in [0.25, 0.3) is 16.8 Å². The molecular formula is C17H11F3N2O2. The number of nitrogens with zero attached hydrogens (tertiary/aromatic N) is 2. The van der Waals surface area contributed by atoms with E-state index in [0.717, 1.165) is 17.4 Å². The van der Waals surface area contributed by atoms with Gasteiger partial charge in [-0.15, -0.1) is 13.2 Å². The molecule has 0 atom stereocenters. The van der Waals surface area contributed by atoms with Crippen LogP contribution in [0, 0.1) is 0 Å². The molecule has 0 radical (unpaired) electrons. The molecule has 0 unspecified atom stereocenters. The summed E-state index contributed by atoms with van der Waals surface area (Å²) in [4.78, 5) is 10.7. The fourth-order valence-corrected chi connectivity index (χ4v) is 2.17. The van der Waals surface area contributed by atoms with Crippen molar-refractivity contribution in [2.24, 2.45) is 0 Å². The number of ether oxygens (including phenoxy) is 1. The molecule has 0 spiro atoms. The van der Waals surface area contributed by atoms with Gasteiger partial charge in [0.1, 0.15) is 12.0 Å². The van der Waals surface area contributed by atoms with Crippen molar-refractivity contribution in [1.29, 1.82) is 0 Å². The highest BCUT2D eigenvalue weighted by molar-refractivity contribution is 5.76. The number of rotatable bonds is 4. The molecule has 0 saturated heterocycles. The molecule has 3 aromatic rings. The number of hydrogen-bond donors (Lipinski definition) is 0. The van der Waals surface area contributed by atoms with E-state index in [0.29, 0.717) is 11.3 Å². The van der Waals surface area contributed by atoms with E-state index in [4.69, 9.17) is 0 Å². The molecule has 4 nitrogen and oxygen atoms in total. The lowest BCUT2D eigenvalue weighted by Gasteiger charge is -2.09. The van der Waals surface area contributed by atoms with Gasteiger partial charge in [-0.25, -0.2) is 4.68 Å². The third-order valence-corrected chi connectivity index (χ3v) is 3.30. The van der Waals surface area contributed by atoms with Crippen LogP contribution in [0.1, 0.15) is 10.4 Å². The van der Waals surface area contributed by atoms with E-state index in [1.165, 1.54) is 24.3 Å². The summed E-state index contributed by atoms with van der Waals surface area (Å²) in [7, 11) is 0. The molecule has 122 valence electrons. The minimum atomic E-state index is -4.71. The topological polar surface area (TPSA) is 44.1 Å². The van der Waals surface area contributed by atoms with Gasteiger partial charge in [0.15, 0.2) is 0 Å². The van der Waals surface area contributed by atoms with E-state index >= 15 is 0 Å². The lowest BCUT2D eigenvalue weighted by atomic mass is 10.1. The number of hydrogen-bond acceptors (Lipinski definition) is 3. The molecule has 0 fully saturated rings. The van der Waals surface area contributed by atoms with E-state index in [9.17, 15) is 18.0 Å². The second kappa shape index (κ2) is 6.19. The highest BCUT2D eigenvalue weighted by Crippen LogP contribution is 2.25. The maximum atomic E-state index is 12.1. The van der Waals surface area contributed by atoms with Gasteiger partial charge in [0, 0.05) is 17.3 Å². The quantitative estimate of drug-likeness (QED) is 0.671. The monoisotopic (exact) mass is 332 g/mol. The van der Waals surface area contributed by atoms with E-state index in [2.05, 4.69) is 9.84 Å². The summed E-state index contributed by atoms with van der Waals surface area (Å²) in [6.07, 6.45) is -0.572. The average molecular weight is 332 g/mol. The van der Waals surface area contributed by atoms with Crippen LogP contribution in [0.2, 0.25) is 0 Å². The Balaban J connectivity index is 1.80. The van der Waals surface area contributed by atoms with Crippen molar-refractivity contribution in [2.45, 2.75) is 6.36 Å². The van der Waals surface area contributed by atoms with Gasteiger partial charge in [0.05, 0.1) is 11.9 Å². The molecule has 3 rings (SSSR count). The Morgan fingerprint density at radius 3 is 2.21 bits per heavy atom. The zero-order chi connectivity index (χ0) is 17.2. The van der Waals surface area contributed by atoms with E-state index in [-0.39, 0.29) is 5.75 Å². The van der Waals surface area contributed by atoms with Crippen molar-refractivity contribution in [3.05, 3.63) is 66.5 Å². The zero-order valence-electron chi connectivity index (χ0n) is 12.2. The van der Waals surface area contributed by atoms with Gasteiger partial charge in [-0.1, -0.05) is 24.3 Å². The first-order valence-electron chi connectivity index (χ1n) is 6.91. The number of halogens is 3. The summed E-state index contributed by atoms with van der Waals surface area (Å²) in [5, 5.41) is 4.19. The predicted octanol–water partition coefficient (Wildman–Crippen LogP) is 4.25.